The van der Waals surface area contributed by atoms with Gasteiger partial charge in [-0.2, -0.15) is 0 Å². The number of rotatable bonds is 9. The van der Waals surface area contributed by atoms with Gasteiger partial charge >= 0.3 is 0 Å². The van der Waals surface area contributed by atoms with Crippen molar-refractivity contribution < 1.29 is 0 Å². The van der Waals surface area contributed by atoms with Crippen LogP contribution in [0, 0.1) is 19.8 Å². The van der Waals surface area contributed by atoms with Gasteiger partial charge in [-0.05, 0) is 137 Å². The summed E-state index contributed by atoms with van der Waals surface area (Å²) in [6.45, 7) is 45.5. The summed E-state index contributed by atoms with van der Waals surface area (Å²) in [5, 5.41) is 0. The van der Waals surface area contributed by atoms with Gasteiger partial charge in [0.05, 0.1) is 0 Å². The summed E-state index contributed by atoms with van der Waals surface area (Å²) in [5.74, 6) is 1.60. The first-order valence-corrected chi connectivity index (χ1v) is 20.8. The molecule has 0 amide bonds. The molecule has 0 heterocycles. The standard InChI is InChI=1S/C21H22.C17H20.C13H14.C4H10.C2H6/c1-7-15-14(4)12-19-20(16(15)8-2)17-10-9-13(3)11-18(17)21(19,5)6;1-5-12(2)13(3)14(4)16-8-6-7-9-17(16)15-10-11-15;1-3-8-12(9-4-2)13-10-6-5-7-11-13;1-4(2)3;1-2/h7-12H,1-2H2,3-6H3;5-9,15H,1,4,10-11H2,2-3H3;3-11H,1H2,2H3;4H,1-3H3;1-2H3/b;13-12-;9-4?,12-8+;;. The lowest BCUT2D eigenvalue weighted by Crippen LogP contribution is -2.15. The van der Waals surface area contributed by atoms with E-state index in [4.69, 9.17) is 0 Å². The van der Waals surface area contributed by atoms with E-state index in [0.29, 0.717) is 0 Å². The summed E-state index contributed by atoms with van der Waals surface area (Å²) in [4.78, 5) is 0. The van der Waals surface area contributed by atoms with Crippen molar-refractivity contribution in [2.24, 2.45) is 5.92 Å². The van der Waals surface area contributed by atoms with Crippen LogP contribution in [0.1, 0.15) is 138 Å². The maximum Gasteiger partial charge on any atom is 0.0159 e. The second-order valence-electron chi connectivity index (χ2n) is 15.8. The van der Waals surface area contributed by atoms with Crippen molar-refractivity contribution in [3.63, 3.8) is 0 Å². The van der Waals surface area contributed by atoms with E-state index in [1.54, 1.807) is 0 Å². The Balaban J connectivity index is 0.000000282. The third-order valence-corrected chi connectivity index (χ3v) is 10.2. The first-order chi connectivity index (χ1) is 27.2. The zero-order chi connectivity index (χ0) is 42.9. The molecule has 0 nitrogen and oxygen atoms in total. The third-order valence-electron chi connectivity index (χ3n) is 10.2. The summed E-state index contributed by atoms with van der Waals surface area (Å²) < 4.78 is 0. The second kappa shape index (κ2) is 23.1. The minimum absolute atomic E-state index is 0.0406. The summed E-state index contributed by atoms with van der Waals surface area (Å²) in [6, 6.07) is 28.1. The molecule has 4 aromatic carbocycles. The first-order valence-electron chi connectivity index (χ1n) is 20.8. The average Bonchev–Trinajstić information content (AvgIpc) is 4.04. The molecule has 1 saturated carbocycles. The first kappa shape index (κ1) is 48.0. The molecule has 0 heteroatoms. The van der Waals surface area contributed by atoms with Gasteiger partial charge in [0.15, 0.2) is 0 Å². The van der Waals surface area contributed by atoms with Crippen LogP contribution in [0.15, 0.2) is 153 Å². The van der Waals surface area contributed by atoms with Crippen LogP contribution >= 0.6 is 0 Å². The van der Waals surface area contributed by atoms with E-state index in [0.717, 1.165) is 17.4 Å². The van der Waals surface area contributed by atoms with Crippen molar-refractivity contribution >= 4 is 23.3 Å². The van der Waals surface area contributed by atoms with Crippen molar-refractivity contribution in [3.8, 4) is 11.1 Å². The Hall–Kier alpha value is -5.20. The number of benzene rings is 4. The van der Waals surface area contributed by atoms with E-state index in [9.17, 15) is 0 Å². The highest BCUT2D eigenvalue weighted by atomic mass is 14.4. The fourth-order valence-electron chi connectivity index (χ4n) is 6.96. The van der Waals surface area contributed by atoms with Crippen LogP contribution in [0.25, 0.3) is 34.4 Å². The molecule has 0 aliphatic heterocycles. The summed E-state index contributed by atoms with van der Waals surface area (Å²) in [6.07, 6.45) is 16.4. The SMILES string of the molecule is C=C/C(C)=C(/C)C(=C)c1ccccc1C1CC1.C=C/C=C(\C=CC)c1ccccc1.C=Cc1c(C)cc2c(c1C=C)-c1ccc(C)cc1C2(C)C.CC.CC(C)C. The Morgan fingerprint density at radius 2 is 1.35 bits per heavy atom. The number of fused-ring (bicyclic) bond motifs is 3. The van der Waals surface area contributed by atoms with Crippen molar-refractivity contribution in [2.45, 2.75) is 107 Å². The molecule has 0 bridgehead atoms. The fourth-order valence-corrected chi connectivity index (χ4v) is 6.96. The van der Waals surface area contributed by atoms with Crippen molar-refractivity contribution in [1.82, 2.24) is 0 Å². The quantitative estimate of drug-likeness (QED) is 0.149. The summed E-state index contributed by atoms with van der Waals surface area (Å²) >= 11 is 0. The number of hydrogen-bond donors (Lipinski definition) is 0. The Morgan fingerprint density at radius 1 is 0.772 bits per heavy atom. The van der Waals surface area contributed by atoms with Crippen molar-refractivity contribution in [3.05, 3.63) is 203 Å². The van der Waals surface area contributed by atoms with Gasteiger partial charge in [-0.25, -0.2) is 0 Å². The molecular weight excluding hydrogens is 685 g/mol. The number of hydrogen-bond acceptors (Lipinski definition) is 0. The van der Waals surface area contributed by atoms with Gasteiger partial charge in [0.1, 0.15) is 0 Å². The Kier molecular flexibility index (Phi) is 19.5. The molecule has 0 spiro atoms. The van der Waals surface area contributed by atoms with Gasteiger partial charge in [0.2, 0.25) is 0 Å². The molecule has 2 aliphatic carbocycles. The van der Waals surface area contributed by atoms with Crippen LogP contribution in [0.4, 0.5) is 0 Å². The molecule has 0 atom stereocenters. The van der Waals surface area contributed by atoms with Gasteiger partial charge < -0.3 is 0 Å². The molecule has 4 aromatic rings. The summed E-state index contributed by atoms with van der Waals surface area (Å²) in [5.41, 5.74) is 19.3. The number of aryl methyl sites for hydroxylation is 2. The zero-order valence-electron chi connectivity index (χ0n) is 37.7. The van der Waals surface area contributed by atoms with Crippen LogP contribution in [-0.2, 0) is 5.41 Å². The minimum Gasteiger partial charge on any atom is -0.0990 e. The highest BCUT2D eigenvalue weighted by Crippen LogP contribution is 2.52. The highest BCUT2D eigenvalue weighted by Gasteiger charge is 2.37. The molecule has 0 N–H and O–H groups in total. The van der Waals surface area contributed by atoms with Crippen molar-refractivity contribution in [1.29, 1.82) is 0 Å². The Morgan fingerprint density at radius 3 is 1.88 bits per heavy atom. The van der Waals surface area contributed by atoms with E-state index < -0.39 is 0 Å². The van der Waals surface area contributed by atoms with Crippen LogP contribution < -0.4 is 0 Å². The molecule has 0 radical (unpaired) electrons. The van der Waals surface area contributed by atoms with Crippen LogP contribution in [0.3, 0.4) is 0 Å². The second-order valence-corrected chi connectivity index (χ2v) is 15.8. The average molecular weight is 757 g/mol. The van der Waals surface area contributed by atoms with E-state index >= 15 is 0 Å². The van der Waals surface area contributed by atoms with E-state index in [2.05, 4.69) is 162 Å². The molecule has 2 aliphatic rings. The molecule has 57 heavy (non-hydrogen) atoms. The fraction of sp³-hybridized carbons (Fsp3) is 0.298. The van der Waals surface area contributed by atoms with Gasteiger partial charge in [-0.15, -0.1) is 0 Å². The molecule has 0 aromatic heterocycles. The molecule has 0 unspecified atom stereocenters. The van der Waals surface area contributed by atoms with Gasteiger partial charge in [-0.3, -0.25) is 0 Å². The Labute approximate surface area is 349 Å². The van der Waals surface area contributed by atoms with Crippen LogP contribution in [0.5, 0.6) is 0 Å². The molecular formula is C57H72. The monoisotopic (exact) mass is 757 g/mol. The molecule has 0 saturated heterocycles. The summed E-state index contributed by atoms with van der Waals surface area (Å²) in [7, 11) is 0. The lowest BCUT2D eigenvalue weighted by Gasteiger charge is -2.23. The lowest BCUT2D eigenvalue weighted by molar-refractivity contribution is 0.659. The lowest BCUT2D eigenvalue weighted by atomic mass is 9.80. The predicted octanol–water partition coefficient (Wildman–Crippen LogP) is 17.5. The van der Waals surface area contributed by atoms with Gasteiger partial charge in [0.25, 0.3) is 0 Å². The molecule has 300 valence electrons. The smallest absolute Gasteiger partial charge is 0.0159 e. The zero-order valence-corrected chi connectivity index (χ0v) is 37.7. The third kappa shape index (κ3) is 12.6. The Bertz CT molecular complexity index is 2080. The maximum atomic E-state index is 4.26. The normalized spacial score (nSPS) is 13.7. The van der Waals surface area contributed by atoms with Gasteiger partial charge in [-0.1, -0.05) is 208 Å². The molecule has 1 fully saturated rings. The van der Waals surface area contributed by atoms with Crippen LogP contribution in [0.2, 0.25) is 0 Å². The highest BCUT2D eigenvalue weighted by molar-refractivity contribution is 5.91. The van der Waals surface area contributed by atoms with E-state index in [1.165, 1.54) is 90.8 Å². The molecule has 6 rings (SSSR count). The maximum absolute atomic E-state index is 4.26. The largest absolute Gasteiger partial charge is 0.0990 e. The van der Waals surface area contributed by atoms with E-state index in [1.807, 2.05) is 75.4 Å². The number of allylic oxidation sites excluding steroid dienone is 9. The predicted molar refractivity (Wildman–Crippen MR) is 261 cm³/mol. The topological polar surface area (TPSA) is 0 Å². The van der Waals surface area contributed by atoms with Gasteiger partial charge in [0, 0.05) is 5.41 Å². The van der Waals surface area contributed by atoms with Crippen molar-refractivity contribution in [2.75, 3.05) is 0 Å². The van der Waals surface area contributed by atoms with Crippen LogP contribution in [-0.4, -0.2) is 0 Å². The minimum atomic E-state index is 0.0406. The van der Waals surface area contributed by atoms with E-state index in [-0.39, 0.29) is 5.41 Å².